The monoisotopic (exact) mass is 263 g/mol. The number of thioether (sulfide) groups is 1. The lowest BCUT2D eigenvalue weighted by molar-refractivity contribution is -0.964. The summed E-state index contributed by atoms with van der Waals surface area (Å²) < 4.78 is 0. The molecule has 96 valence electrons. The normalized spacial score (nSPS) is 50.7. The highest BCUT2D eigenvalue weighted by Gasteiger charge is 2.56. The van der Waals surface area contributed by atoms with Crippen LogP contribution < -0.4 is 10.6 Å². The van der Waals surface area contributed by atoms with Crippen molar-refractivity contribution in [3.8, 4) is 12.1 Å². The molecule has 3 rings (SSSR count). The Hall–Kier alpha value is -0.750. The van der Waals surface area contributed by atoms with Gasteiger partial charge in [0.15, 0.2) is 11.5 Å². The van der Waals surface area contributed by atoms with E-state index in [1.165, 1.54) is 30.6 Å². The maximum absolute atomic E-state index is 9.34. The molecule has 1 saturated carbocycles. The molecular weight excluding hydrogens is 244 g/mol. The number of quaternary nitrogens is 1. The Labute approximate surface area is 112 Å². The minimum Gasteiger partial charge on any atom is -0.304 e. The Morgan fingerprint density at radius 2 is 1.83 bits per heavy atom. The van der Waals surface area contributed by atoms with E-state index in [9.17, 15) is 10.5 Å². The second-order valence-electron chi connectivity index (χ2n) is 5.72. The fourth-order valence-electron chi connectivity index (χ4n) is 3.91. The van der Waals surface area contributed by atoms with Crippen molar-refractivity contribution in [3.63, 3.8) is 0 Å². The van der Waals surface area contributed by atoms with Crippen molar-refractivity contribution in [1.82, 2.24) is 0 Å². The number of fused-ring (bicyclic) bond motifs is 3. The van der Waals surface area contributed by atoms with E-state index < -0.39 is 0 Å². The molecule has 1 aliphatic carbocycles. The quantitative estimate of drug-likeness (QED) is 0.655. The summed E-state index contributed by atoms with van der Waals surface area (Å²) >= 11 is 1.98. The third-order valence-corrected chi connectivity index (χ3v) is 6.61. The molecule has 7 unspecified atom stereocenters. The van der Waals surface area contributed by atoms with Gasteiger partial charge in [-0.3, -0.25) is 5.73 Å². The van der Waals surface area contributed by atoms with Crippen molar-refractivity contribution in [2.45, 2.75) is 54.9 Å². The number of hydrogen-bond acceptors (Lipinski definition) is 4. The zero-order valence-electron chi connectivity index (χ0n) is 10.4. The maximum atomic E-state index is 9.34. The van der Waals surface area contributed by atoms with E-state index in [1.807, 2.05) is 11.8 Å². The first-order valence-corrected chi connectivity index (χ1v) is 7.77. The molecule has 3 N–H and O–H groups in total. The van der Waals surface area contributed by atoms with Gasteiger partial charge in [-0.05, 0) is 19.3 Å². The van der Waals surface area contributed by atoms with E-state index in [1.54, 1.807) is 0 Å². The molecule has 5 heteroatoms. The number of piperidine rings is 1. The van der Waals surface area contributed by atoms with Crippen LogP contribution in [0.2, 0.25) is 0 Å². The van der Waals surface area contributed by atoms with Gasteiger partial charge in [-0.1, -0.05) is 18.2 Å². The fourth-order valence-corrected chi connectivity index (χ4v) is 5.93. The van der Waals surface area contributed by atoms with Crippen molar-refractivity contribution >= 4 is 11.8 Å². The molecule has 4 nitrogen and oxygen atoms in total. The number of nitrogens with zero attached hydrogens (tertiary/aromatic N) is 2. The van der Waals surface area contributed by atoms with Crippen LogP contribution in [0.3, 0.4) is 0 Å². The van der Waals surface area contributed by atoms with Gasteiger partial charge in [0.2, 0.25) is 0 Å². The van der Waals surface area contributed by atoms with Gasteiger partial charge in [-0.25, -0.2) is 0 Å². The minimum atomic E-state index is -0.151. The maximum Gasteiger partial charge on any atom is 0.156 e. The van der Waals surface area contributed by atoms with Gasteiger partial charge in [0.05, 0.1) is 17.4 Å². The van der Waals surface area contributed by atoms with Crippen LogP contribution >= 0.6 is 11.8 Å². The fraction of sp³-hybridized carbons (Fsp3) is 0.846. The molecule has 0 aromatic carbocycles. The van der Waals surface area contributed by atoms with Crippen LogP contribution in [0.15, 0.2) is 0 Å². The summed E-state index contributed by atoms with van der Waals surface area (Å²) in [6, 6.07) is 5.32. The highest BCUT2D eigenvalue weighted by atomic mass is 32.2. The summed E-state index contributed by atoms with van der Waals surface area (Å²) in [5.74, 6) is -0.151. The lowest BCUT2D eigenvalue weighted by Gasteiger charge is -2.40. The second kappa shape index (κ2) is 4.74. The molecule has 0 aromatic heterocycles. The molecular formula is C13H19N4S+. The first-order valence-electron chi connectivity index (χ1n) is 6.83. The highest BCUT2D eigenvalue weighted by molar-refractivity contribution is 8.00. The van der Waals surface area contributed by atoms with E-state index in [0.29, 0.717) is 23.1 Å². The van der Waals surface area contributed by atoms with Crippen LogP contribution in [-0.2, 0) is 0 Å². The van der Waals surface area contributed by atoms with Gasteiger partial charge in [0.1, 0.15) is 17.9 Å². The molecule has 0 spiro atoms. The summed E-state index contributed by atoms with van der Waals surface area (Å²) in [5, 5.41) is 19.5. The third kappa shape index (κ3) is 1.73. The summed E-state index contributed by atoms with van der Waals surface area (Å²) in [5.41, 5.74) is 6.32. The number of hydrogen-bond donors (Lipinski definition) is 2. The summed E-state index contributed by atoms with van der Waals surface area (Å²) in [6.07, 6.45) is 5.63. The molecule has 2 saturated heterocycles. The van der Waals surface area contributed by atoms with Crippen LogP contribution in [0.25, 0.3) is 0 Å². The summed E-state index contributed by atoms with van der Waals surface area (Å²) in [6.45, 7) is 0. The Morgan fingerprint density at radius 1 is 1.11 bits per heavy atom. The predicted octanol–water partition coefficient (Wildman–Crippen LogP) is 0.223. The molecule has 7 atom stereocenters. The number of nitrogens with two attached hydrogens (primary N) is 1. The molecule has 0 bridgehead atoms. The third-order valence-electron chi connectivity index (χ3n) is 4.80. The summed E-state index contributed by atoms with van der Waals surface area (Å²) in [4.78, 5) is 1.36. The molecule has 2 heterocycles. The highest BCUT2D eigenvalue weighted by Crippen LogP contribution is 2.40. The van der Waals surface area contributed by atoms with Crippen molar-refractivity contribution < 1.29 is 4.90 Å². The average Bonchev–Trinajstić information content (AvgIpc) is 2.79. The van der Waals surface area contributed by atoms with Crippen LogP contribution in [-0.4, -0.2) is 22.8 Å². The van der Waals surface area contributed by atoms with Gasteiger partial charge in [0, 0.05) is 6.42 Å². The van der Waals surface area contributed by atoms with Gasteiger partial charge in [-0.2, -0.15) is 10.5 Å². The van der Waals surface area contributed by atoms with E-state index in [4.69, 9.17) is 5.73 Å². The first-order chi connectivity index (χ1) is 8.76. The van der Waals surface area contributed by atoms with E-state index in [-0.39, 0.29) is 18.0 Å². The number of nitrogens with one attached hydrogen (secondary N) is 1. The SMILES string of the molecule is N#CC1CC(C#N)C2SC3CCCCC3[NH+]2C1N. The van der Waals surface area contributed by atoms with Crippen LogP contribution in [0.4, 0.5) is 0 Å². The van der Waals surface area contributed by atoms with Gasteiger partial charge >= 0.3 is 0 Å². The number of nitriles is 2. The topological polar surface area (TPSA) is 78.0 Å². The zero-order chi connectivity index (χ0) is 12.7. The molecule has 3 fully saturated rings. The van der Waals surface area contributed by atoms with Gasteiger partial charge in [-0.15, -0.1) is 0 Å². The first kappa shape index (κ1) is 12.3. The zero-order valence-corrected chi connectivity index (χ0v) is 11.2. The van der Waals surface area contributed by atoms with Crippen molar-refractivity contribution in [3.05, 3.63) is 0 Å². The van der Waals surface area contributed by atoms with E-state index in [0.717, 1.165) is 0 Å². The molecule has 3 aliphatic rings. The largest absolute Gasteiger partial charge is 0.304 e. The lowest BCUT2D eigenvalue weighted by atomic mass is 9.84. The standard InChI is InChI=1S/C13H18N4S/c14-6-8-5-9(7-15)13-17(12(8)16)10-3-1-2-4-11(10)18-13/h8-13H,1-5,16H2/p+1. The second-order valence-corrected chi connectivity index (χ2v) is 7.10. The molecule has 0 radical (unpaired) electrons. The van der Waals surface area contributed by atoms with Crippen molar-refractivity contribution in [1.29, 1.82) is 10.5 Å². The predicted molar refractivity (Wildman–Crippen MR) is 69.2 cm³/mol. The van der Waals surface area contributed by atoms with E-state index in [2.05, 4.69) is 12.1 Å². The molecule has 0 aromatic rings. The lowest BCUT2D eigenvalue weighted by Crippen LogP contribution is -3.24. The Kier molecular flexibility index (Phi) is 3.23. The Morgan fingerprint density at radius 3 is 2.56 bits per heavy atom. The van der Waals surface area contributed by atoms with Crippen LogP contribution in [0.5, 0.6) is 0 Å². The van der Waals surface area contributed by atoms with Crippen molar-refractivity contribution in [2.75, 3.05) is 0 Å². The van der Waals surface area contributed by atoms with Gasteiger partial charge < -0.3 is 4.90 Å². The van der Waals surface area contributed by atoms with E-state index >= 15 is 0 Å². The Balaban J connectivity index is 1.90. The van der Waals surface area contributed by atoms with Crippen LogP contribution in [0, 0.1) is 34.5 Å². The Bertz CT molecular complexity index is 412. The molecule has 0 amide bonds. The smallest absolute Gasteiger partial charge is 0.156 e. The van der Waals surface area contributed by atoms with Crippen LogP contribution in [0.1, 0.15) is 32.1 Å². The molecule has 18 heavy (non-hydrogen) atoms. The summed E-state index contributed by atoms with van der Waals surface area (Å²) in [7, 11) is 0. The minimum absolute atomic E-state index is 0.0000463. The average molecular weight is 263 g/mol. The van der Waals surface area contributed by atoms with Crippen molar-refractivity contribution in [2.24, 2.45) is 17.6 Å². The number of rotatable bonds is 0. The van der Waals surface area contributed by atoms with Gasteiger partial charge in [0.25, 0.3) is 0 Å². The molecule has 2 aliphatic heterocycles.